The summed E-state index contributed by atoms with van der Waals surface area (Å²) in [6.45, 7) is 0. The molecule has 0 saturated carbocycles. The van der Waals surface area contributed by atoms with Crippen molar-refractivity contribution in [1.29, 1.82) is 0 Å². The van der Waals surface area contributed by atoms with Gasteiger partial charge in [-0.05, 0) is 0 Å². The van der Waals surface area contributed by atoms with Crippen LogP contribution in [-0.2, 0) is 0 Å². The van der Waals surface area contributed by atoms with E-state index in [0.29, 0.717) is 0 Å². The van der Waals surface area contributed by atoms with Gasteiger partial charge in [0.2, 0.25) is 0 Å². The minimum Gasteiger partial charge on any atom is -0.336 e. The number of hydrogen-bond acceptors (Lipinski definition) is 0. The Morgan fingerprint density at radius 3 is 2.00 bits per heavy atom. The van der Waals surface area contributed by atoms with E-state index >= 15 is 0 Å². The van der Waals surface area contributed by atoms with Crippen molar-refractivity contribution >= 4 is 55.1 Å². The number of benzene rings is 1. The Morgan fingerprint density at radius 1 is 1.11 bits per heavy atom. The monoisotopic (exact) mass is 160 g/mol. The Balaban J connectivity index is 0.000000640. The maximum Gasteiger partial charge on any atom is 0.538 e. The van der Waals surface area contributed by atoms with Gasteiger partial charge in [0.05, 0.1) is 0 Å². The van der Waals surface area contributed by atoms with Crippen LogP contribution < -0.4 is 3.69 Å². The van der Waals surface area contributed by atoms with Gasteiger partial charge in [0.25, 0.3) is 0 Å². The van der Waals surface area contributed by atoms with Crippen LogP contribution in [0.3, 0.4) is 0 Å². The average Bonchev–Trinajstić information content (AvgIpc) is 1.90. The van der Waals surface area contributed by atoms with Crippen LogP contribution >= 0.6 is 9.07 Å². The molecule has 0 aliphatic heterocycles. The minimum atomic E-state index is -0.437. The van der Waals surface area contributed by atoms with Crippen molar-refractivity contribution in [3.8, 4) is 0 Å². The third-order valence-electron chi connectivity index (χ3n) is 0.997. The molecule has 0 atom stereocenters. The molecular weight excluding hydrogens is 156 g/mol. The van der Waals surface area contributed by atoms with Crippen LogP contribution in [0.5, 0.6) is 0 Å². The zero-order chi connectivity index (χ0) is 5.82. The number of halogens is 1. The van der Waals surface area contributed by atoms with Gasteiger partial charge < -0.3 is 9.07 Å². The molecule has 40 valence electrons. The largest absolute Gasteiger partial charge is 0.538 e. The Bertz CT molecular complexity index is 152. The van der Waals surface area contributed by atoms with E-state index in [4.69, 9.17) is 9.07 Å². The van der Waals surface area contributed by atoms with Crippen LogP contribution in [-0.4, -0.2) is 42.3 Å². The van der Waals surface area contributed by atoms with Crippen molar-refractivity contribution < 1.29 is 0 Å². The first-order valence-electron chi connectivity index (χ1n) is 2.53. The Hall–Kier alpha value is 1.04. The molecule has 0 unspecified atom stereocenters. The highest BCUT2D eigenvalue weighted by Crippen LogP contribution is 1.81. The van der Waals surface area contributed by atoms with Gasteiger partial charge in [0.1, 0.15) is 0 Å². The number of rotatable bonds is 1. The lowest BCUT2D eigenvalue weighted by Gasteiger charge is -1.87. The number of hydrogen-bond donors (Lipinski definition) is 0. The molecule has 0 aliphatic rings. The summed E-state index contributed by atoms with van der Waals surface area (Å²) in [5.41, 5.74) is 0. The lowest BCUT2D eigenvalue weighted by atomic mass is 10.4. The SMILES string of the molecule is [Cl][Mg][c]1ccccc1.[Mg]. The average molecular weight is 161 g/mol. The maximum atomic E-state index is 5.67. The van der Waals surface area contributed by atoms with E-state index in [-0.39, 0.29) is 23.1 Å². The smallest absolute Gasteiger partial charge is 0.336 e. The predicted molar refractivity (Wildman–Crippen MR) is 43.4 cm³/mol. The summed E-state index contributed by atoms with van der Waals surface area (Å²) in [6, 6.07) is 10.2. The highest BCUT2D eigenvalue weighted by Gasteiger charge is 1.89. The standard InChI is InChI=1S/C6H5.ClH.2Mg/c1-2-4-6-5-3-1;;;/h1-5H;1H;;/q;;;+1/p-1. The van der Waals surface area contributed by atoms with Gasteiger partial charge in [0.15, 0.2) is 0 Å². The molecule has 0 bridgehead atoms. The highest BCUT2D eigenvalue weighted by atomic mass is 35.5. The van der Waals surface area contributed by atoms with E-state index in [1.807, 2.05) is 18.2 Å². The van der Waals surface area contributed by atoms with Crippen molar-refractivity contribution in [2.45, 2.75) is 0 Å². The molecule has 0 saturated heterocycles. The summed E-state index contributed by atoms with van der Waals surface area (Å²) in [5.74, 6) is 0. The molecule has 0 aromatic heterocycles. The molecule has 0 heterocycles. The fourth-order valence-electron chi connectivity index (χ4n) is 0.567. The predicted octanol–water partition coefficient (Wildman–Crippen LogP) is 0.789. The summed E-state index contributed by atoms with van der Waals surface area (Å²) >= 11 is -0.437. The van der Waals surface area contributed by atoms with E-state index in [9.17, 15) is 0 Å². The lowest BCUT2D eigenvalue weighted by Crippen LogP contribution is -2.05. The molecule has 3 heteroatoms. The molecular formula is C6H5ClMg2. The molecule has 2 radical (unpaired) electrons. The Morgan fingerprint density at radius 2 is 1.67 bits per heavy atom. The van der Waals surface area contributed by atoms with E-state index in [1.54, 1.807) is 0 Å². The molecule has 0 spiro atoms. The molecule has 1 rings (SSSR count). The van der Waals surface area contributed by atoms with Gasteiger partial charge in [-0.15, -0.1) is 3.69 Å². The summed E-state index contributed by atoms with van der Waals surface area (Å²) in [4.78, 5) is 0. The second-order valence-corrected chi connectivity index (χ2v) is 3.50. The van der Waals surface area contributed by atoms with Crippen LogP contribution in [0.25, 0.3) is 0 Å². The quantitative estimate of drug-likeness (QED) is 0.534. The molecule has 9 heavy (non-hydrogen) atoms. The summed E-state index contributed by atoms with van der Waals surface area (Å²) in [7, 11) is 5.67. The minimum absolute atomic E-state index is 0. The molecule has 0 nitrogen and oxygen atoms in total. The molecule has 1 aromatic carbocycles. The van der Waals surface area contributed by atoms with Crippen LogP contribution in [0.2, 0.25) is 0 Å². The van der Waals surface area contributed by atoms with Crippen molar-refractivity contribution in [3.05, 3.63) is 30.3 Å². The molecule has 1 aromatic rings. The highest BCUT2D eigenvalue weighted by molar-refractivity contribution is 7.01. The van der Waals surface area contributed by atoms with Crippen LogP contribution in [0.15, 0.2) is 30.3 Å². The molecule has 0 N–H and O–H groups in total. The fraction of sp³-hybridized carbons (Fsp3) is 0. The normalized spacial score (nSPS) is 7.22. The van der Waals surface area contributed by atoms with Crippen molar-refractivity contribution in [2.75, 3.05) is 0 Å². The third-order valence-corrected chi connectivity index (χ3v) is 2.70. The maximum absolute atomic E-state index is 5.67. The second-order valence-electron chi connectivity index (χ2n) is 1.62. The zero-order valence-electron chi connectivity index (χ0n) is 5.18. The van der Waals surface area contributed by atoms with Gasteiger partial charge in [0, 0.05) is 23.1 Å². The van der Waals surface area contributed by atoms with Gasteiger partial charge in [-0.2, -0.15) is 0 Å². The molecule has 0 amide bonds. The van der Waals surface area contributed by atoms with Crippen LogP contribution in [0.4, 0.5) is 0 Å². The second kappa shape index (κ2) is 5.80. The first-order chi connectivity index (χ1) is 3.93. The van der Waals surface area contributed by atoms with Gasteiger partial charge in [-0.3, -0.25) is 0 Å². The van der Waals surface area contributed by atoms with E-state index in [0.717, 1.165) is 0 Å². The van der Waals surface area contributed by atoms with Gasteiger partial charge in [-0.25, -0.2) is 0 Å². The zero-order valence-corrected chi connectivity index (χ0v) is 8.76. The Kier molecular flexibility index (Phi) is 6.47. The topological polar surface area (TPSA) is 0 Å². The third kappa shape index (κ3) is 3.68. The first kappa shape index (κ1) is 10.0. The summed E-state index contributed by atoms with van der Waals surface area (Å²) < 4.78 is 1.31. The van der Waals surface area contributed by atoms with Crippen molar-refractivity contribution in [1.82, 2.24) is 0 Å². The Labute approximate surface area is 84.6 Å². The first-order valence-corrected chi connectivity index (χ1v) is 5.38. The van der Waals surface area contributed by atoms with Gasteiger partial charge in [-0.1, -0.05) is 30.3 Å². The fourth-order valence-corrected chi connectivity index (χ4v) is 1.55. The lowest BCUT2D eigenvalue weighted by molar-refractivity contribution is 1.77. The summed E-state index contributed by atoms with van der Waals surface area (Å²) in [5, 5.41) is 0. The van der Waals surface area contributed by atoms with E-state index in [2.05, 4.69) is 12.1 Å². The summed E-state index contributed by atoms with van der Waals surface area (Å²) in [6.07, 6.45) is 0. The van der Waals surface area contributed by atoms with Gasteiger partial charge >= 0.3 is 19.3 Å². The molecule has 0 aliphatic carbocycles. The van der Waals surface area contributed by atoms with Crippen molar-refractivity contribution in [2.24, 2.45) is 0 Å². The van der Waals surface area contributed by atoms with E-state index < -0.39 is 19.3 Å². The van der Waals surface area contributed by atoms with Crippen LogP contribution in [0.1, 0.15) is 0 Å². The van der Waals surface area contributed by atoms with Crippen molar-refractivity contribution in [3.63, 3.8) is 0 Å². The van der Waals surface area contributed by atoms with E-state index in [1.165, 1.54) is 3.69 Å². The van der Waals surface area contributed by atoms with Crippen LogP contribution in [0, 0.1) is 0 Å². The molecule has 0 fully saturated rings.